The first kappa shape index (κ1) is 48.3. The number of benzene rings is 3. The monoisotopic (exact) mass is 1000 g/mol. The molecule has 5 heterocycles. The smallest absolute Gasteiger partial charge is 0.349 e. The molecule has 0 radical (unpaired) electrons. The predicted octanol–water partition coefficient (Wildman–Crippen LogP) is 4.29. The molecule has 5 amide bonds. The molecule has 1 atom stereocenters. The van der Waals surface area contributed by atoms with Crippen LogP contribution in [0.3, 0.4) is 0 Å². The molecule has 8 rings (SSSR count). The number of halogens is 1. The molecule has 0 spiro atoms. The number of carboxylic acid groups (broad SMARTS) is 2. The molecule has 0 aliphatic carbocycles. The number of aryl methyl sites for hydroxylation is 1. The summed E-state index contributed by atoms with van der Waals surface area (Å²) >= 11 is 7.39. The maximum Gasteiger partial charge on any atom is 0.349 e. The number of nitrogens with one attached hydrogen (secondary N) is 3. The standard InChI is InChI=1S/C45H44ClN9O12S2/c1-52(30-8-3-6-26(20-30)40-38(46)39(67-23-36(58)59)41(68-40)45(63)64)29-13-17-54(18-14-29)69(65,66)24-25-5-2-7-27(19-25)48-35(57)15-16-53-22-28(50-51-53)21-47-32-10-4-9-31-37(32)44(62)55(43(31)61)33-11-12-34(56)49-42(33)60/h2-10,19-20,22,29,33,47H,11-18,21,23-24H2,1H3,(H,48,57)(H,58,59)(H,63,64)(H,49,56,60). The van der Waals surface area contributed by atoms with Gasteiger partial charge in [-0.25, -0.2) is 22.3 Å². The largest absolute Gasteiger partial charge is 0.479 e. The molecule has 21 nitrogen and oxygen atoms in total. The number of carbonyl (C=O) groups is 7. The first-order chi connectivity index (χ1) is 33.0. The maximum atomic E-state index is 13.6. The molecular formula is C45H44ClN9O12S2. The van der Waals surface area contributed by atoms with Gasteiger partial charge < -0.3 is 30.5 Å². The Morgan fingerprint density at radius 2 is 1.74 bits per heavy atom. The number of thiophene rings is 1. The number of imide groups is 2. The van der Waals surface area contributed by atoms with E-state index in [2.05, 4.69) is 26.3 Å². The SMILES string of the molecule is CN(c1cccc(-c2sc(C(=O)O)c(OCC(=O)O)c2Cl)c1)C1CCN(S(=O)(=O)Cc2cccc(NC(=O)CCn3cc(CNc4cccc5c4C(=O)N(C4CCC(=O)NC4=O)C5=O)nn3)c2)CC1. The van der Waals surface area contributed by atoms with Crippen LogP contribution in [-0.2, 0) is 48.0 Å². The minimum absolute atomic E-state index is 0.00461. The molecule has 3 aliphatic rings. The number of rotatable bonds is 18. The Morgan fingerprint density at radius 3 is 2.48 bits per heavy atom. The summed E-state index contributed by atoms with van der Waals surface area (Å²) < 4.78 is 35.4. The second-order valence-corrected chi connectivity index (χ2v) is 19.8. The van der Waals surface area contributed by atoms with Gasteiger partial charge in [0.15, 0.2) is 17.2 Å². The second-order valence-electron chi connectivity index (χ2n) is 16.4. The molecule has 0 bridgehead atoms. The Morgan fingerprint density at radius 1 is 0.986 bits per heavy atom. The molecule has 1 unspecified atom stereocenters. The first-order valence-electron chi connectivity index (χ1n) is 21.5. The van der Waals surface area contributed by atoms with E-state index in [-0.39, 0.29) is 89.9 Å². The zero-order chi connectivity index (χ0) is 49.1. The van der Waals surface area contributed by atoms with Crippen molar-refractivity contribution in [3.8, 4) is 16.2 Å². The number of aromatic carboxylic acids is 1. The Bertz CT molecular complexity index is 3010. The minimum atomic E-state index is -3.74. The molecule has 2 aromatic heterocycles. The Hall–Kier alpha value is -7.21. The van der Waals surface area contributed by atoms with Crippen molar-refractivity contribution < 1.29 is 56.9 Å². The van der Waals surface area contributed by atoms with E-state index in [1.807, 2.05) is 24.1 Å². The van der Waals surface area contributed by atoms with Gasteiger partial charge in [0.05, 0.1) is 41.0 Å². The number of sulfonamides is 1. The Balaban J connectivity index is 0.807. The summed E-state index contributed by atoms with van der Waals surface area (Å²) in [5.41, 5.74) is 3.37. The lowest BCUT2D eigenvalue weighted by Crippen LogP contribution is -2.54. The van der Waals surface area contributed by atoms with Crippen LogP contribution >= 0.6 is 22.9 Å². The van der Waals surface area contributed by atoms with Crippen molar-refractivity contribution in [3.05, 3.63) is 105 Å². The van der Waals surface area contributed by atoms with Crippen LogP contribution in [0.1, 0.15) is 73.7 Å². The van der Waals surface area contributed by atoms with Crippen molar-refractivity contribution in [2.24, 2.45) is 0 Å². The van der Waals surface area contributed by atoms with Crippen molar-refractivity contribution in [3.63, 3.8) is 0 Å². The van der Waals surface area contributed by atoms with Crippen molar-refractivity contribution >= 4 is 91.5 Å². The predicted molar refractivity (Wildman–Crippen MR) is 251 cm³/mol. The van der Waals surface area contributed by atoms with Crippen LogP contribution in [0.15, 0.2) is 72.9 Å². The third-order valence-corrected chi connectivity index (χ3v) is 15.4. The zero-order valence-electron chi connectivity index (χ0n) is 36.7. The Kier molecular flexibility index (Phi) is 14.1. The lowest BCUT2D eigenvalue weighted by Gasteiger charge is -2.37. The average Bonchev–Trinajstić information content (AvgIpc) is 4.00. The van der Waals surface area contributed by atoms with E-state index in [0.717, 1.165) is 21.9 Å². The van der Waals surface area contributed by atoms with Gasteiger partial charge in [-0.2, -0.15) is 0 Å². The molecule has 0 saturated carbocycles. The average molecular weight is 1000 g/mol. The Labute approximate surface area is 403 Å². The van der Waals surface area contributed by atoms with E-state index >= 15 is 0 Å². The summed E-state index contributed by atoms with van der Waals surface area (Å²) in [6.07, 6.45) is 2.74. The van der Waals surface area contributed by atoms with Gasteiger partial charge in [0.25, 0.3) is 11.8 Å². The number of fused-ring (bicyclic) bond motifs is 1. The second kappa shape index (κ2) is 20.2. The van der Waals surface area contributed by atoms with Gasteiger partial charge in [-0.15, -0.1) is 16.4 Å². The highest BCUT2D eigenvalue weighted by molar-refractivity contribution is 7.88. The highest BCUT2D eigenvalue weighted by Gasteiger charge is 2.45. The van der Waals surface area contributed by atoms with Gasteiger partial charge in [0.2, 0.25) is 27.7 Å². The normalized spacial score (nSPS) is 16.6. The molecule has 5 aromatic rings. The molecule has 360 valence electrons. The lowest BCUT2D eigenvalue weighted by molar-refractivity contribution is -0.139. The summed E-state index contributed by atoms with van der Waals surface area (Å²) in [5.74, 6) is -5.85. The van der Waals surface area contributed by atoms with E-state index in [0.29, 0.717) is 45.9 Å². The number of amides is 5. The first-order valence-corrected chi connectivity index (χ1v) is 24.3. The zero-order valence-corrected chi connectivity index (χ0v) is 39.1. The summed E-state index contributed by atoms with van der Waals surface area (Å²) in [7, 11) is -1.84. The number of piperidine rings is 2. The maximum absolute atomic E-state index is 13.6. The molecule has 5 N–H and O–H groups in total. The fourth-order valence-electron chi connectivity index (χ4n) is 8.43. The summed E-state index contributed by atoms with van der Waals surface area (Å²) in [6.45, 7) is 0.0767. The van der Waals surface area contributed by atoms with Gasteiger partial charge in [0.1, 0.15) is 16.8 Å². The number of hydrogen-bond acceptors (Lipinski definition) is 15. The number of nitrogens with zero attached hydrogens (tertiary/aromatic N) is 6. The molecule has 24 heteroatoms. The summed E-state index contributed by atoms with van der Waals surface area (Å²) in [4.78, 5) is 89.8. The van der Waals surface area contributed by atoms with E-state index in [1.165, 1.54) is 15.1 Å². The summed E-state index contributed by atoms with van der Waals surface area (Å²) in [5, 5.41) is 35.1. The number of carbonyl (C=O) groups excluding carboxylic acids is 5. The fraction of sp³-hybridized carbons (Fsp3) is 0.311. The van der Waals surface area contributed by atoms with E-state index in [9.17, 15) is 47.1 Å². The van der Waals surface area contributed by atoms with Crippen molar-refractivity contribution in [2.45, 2.75) is 63.0 Å². The van der Waals surface area contributed by atoms with Crippen LogP contribution in [0, 0.1) is 0 Å². The van der Waals surface area contributed by atoms with Crippen LogP contribution in [0.4, 0.5) is 17.1 Å². The van der Waals surface area contributed by atoms with Crippen LogP contribution in [0.2, 0.25) is 5.02 Å². The molecular weight excluding hydrogens is 958 g/mol. The van der Waals surface area contributed by atoms with Gasteiger partial charge >= 0.3 is 11.9 Å². The third kappa shape index (κ3) is 10.6. The number of carboxylic acids is 2. The van der Waals surface area contributed by atoms with E-state index in [4.69, 9.17) is 21.4 Å². The molecule has 3 aromatic carbocycles. The number of aliphatic carboxylic acids is 1. The summed E-state index contributed by atoms with van der Waals surface area (Å²) in [6, 6.07) is 17.5. The van der Waals surface area contributed by atoms with E-state index in [1.54, 1.807) is 54.7 Å². The van der Waals surface area contributed by atoms with Crippen LogP contribution in [-0.4, -0.2) is 123 Å². The molecule has 2 fully saturated rings. The number of anilines is 3. The highest BCUT2D eigenvalue weighted by atomic mass is 35.5. The quantitative estimate of drug-likeness (QED) is 0.0766. The van der Waals surface area contributed by atoms with Crippen molar-refractivity contribution in [1.82, 2.24) is 29.5 Å². The van der Waals surface area contributed by atoms with Gasteiger partial charge in [-0.1, -0.05) is 47.1 Å². The van der Waals surface area contributed by atoms with Gasteiger partial charge in [-0.05, 0) is 66.8 Å². The third-order valence-electron chi connectivity index (χ3n) is 11.9. The highest BCUT2D eigenvalue weighted by Crippen LogP contribution is 2.46. The van der Waals surface area contributed by atoms with Crippen LogP contribution in [0.25, 0.3) is 10.4 Å². The van der Waals surface area contributed by atoms with Gasteiger partial charge in [-0.3, -0.25) is 38.9 Å². The van der Waals surface area contributed by atoms with Crippen LogP contribution in [0.5, 0.6) is 5.75 Å². The van der Waals surface area contributed by atoms with Crippen molar-refractivity contribution in [1.29, 1.82) is 0 Å². The fourth-order valence-corrected chi connectivity index (χ4v) is 11.4. The number of hydrogen-bond donors (Lipinski definition) is 5. The van der Waals surface area contributed by atoms with Crippen LogP contribution < -0.4 is 25.6 Å². The van der Waals surface area contributed by atoms with E-state index < -0.39 is 58.2 Å². The topological polar surface area (TPSA) is 280 Å². The van der Waals surface area contributed by atoms with Gasteiger partial charge in [0, 0.05) is 56.1 Å². The number of aromatic nitrogens is 3. The molecule has 2 saturated heterocycles. The van der Waals surface area contributed by atoms with Crippen molar-refractivity contribution in [2.75, 3.05) is 42.3 Å². The molecule has 69 heavy (non-hydrogen) atoms. The number of ether oxygens (including phenoxy) is 1. The molecule has 3 aliphatic heterocycles. The lowest BCUT2D eigenvalue weighted by atomic mass is 10.0. The minimum Gasteiger partial charge on any atom is -0.479 e.